The standard InChI is InChI=1S/C26H29F2N3O6S2/c27-26(28)16-30(17-26)39(36,37)21-8-4-5-18(13-21)25(33)23-15-31(20-6-2-1-3-7-20)24-14-19(9-10-22(23)24)29-38(34,35)12-11-32/h4-5,8-10,13-15,20,29,32H,1-3,6-7,11-12,16-17H2. The Balaban J connectivity index is 1.53. The highest BCUT2D eigenvalue weighted by atomic mass is 32.2. The van der Waals surface area contributed by atoms with Crippen LogP contribution in [-0.2, 0) is 20.0 Å². The van der Waals surface area contributed by atoms with Crippen molar-refractivity contribution in [1.82, 2.24) is 8.87 Å². The fourth-order valence-corrected chi connectivity index (χ4v) is 7.62. The molecule has 0 radical (unpaired) electrons. The lowest BCUT2D eigenvalue weighted by Gasteiger charge is -2.37. The Labute approximate surface area is 225 Å². The van der Waals surface area contributed by atoms with Gasteiger partial charge in [0.25, 0.3) is 5.92 Å². The zero-order chi connectivity index (χ0) is 28.0. The van der Waals surface area contributed by atoms with E-state index in [4.69, 9.17) is 5.11 Å². The number of hydrogen-bond acceptors (Lipinski definition) is 6. The number of carbonyl (C=O) groups excluding carboxylic acids is 1. The first kappa shape index (κ1) is 27.7. The molecule has 1 saturated heterocycles. The average molecular weight is 582 g/mol. The van der Waals surface area contributed by atoms with Crippen molar-refractivity contribution in [3.63, 3.8) is 0 Å². The van der Waals surface area contributed by atoms with Crippen molar-refractivity contribution in [1.29, 1.82) is 0 Å². The van der Waals surface area contributed by atoms with Gasteiger partial charge in [-0.3, -0.25) is 9.52 Å². The lowest BCUT2D eigenvalue weighted by Crippen LogP contribution is -2.58. The van der Waals surface area contributed by atoms with E-state index < -0.39 is 57.2 Å². The topological polar surface area (TPSA) is 126 Å². The van der Waals surface area contributed by atoms with Crippen LogP contribution in [0.25, 0.3) is 10.9 Å². The first-order valence-electron chi connectivity index (χ1n) is 12.7. The lowest BCUT2D eigenvalue weighted by atomic mass is 9.95. The third kappa shape index (κ3) is 5.58. The van der Waals surface area contributed by atoms with E-state index in [1.807, 2.05) is 4.57 Å². The van der Waals surface area contributed by atoms with Gasteiger partial charge in [0.1, 0.15) is 0 Å². The first-order valence-corrected chi connectivity index (χ1v) is 15.8. The summed E-state index contributed by atoms with van der Waals surface area (Å²) in [5.74, 6) is -3.95. The maximum Gasteiger partial charge on any atom is 0.275 e. The fourth-order valence-electron chi connectivity index (χ4n) is 5.25. The number of fused-ring (bicyclic) bond motifs is 1. The summed E-state index contributed by atoms with van der Waals surface area (Å²) in [5, 5.41) is 9.62. The SMILES string of the molecule is O=C(c1cccc(S(=O)(=O)N2CC(F)(F)C2)c1)c1cn(C2CCCCC2)c2cc(NS(=O)(=O)CCO)ccc12. The van der Waals surface area contributed by atoms with Gasteiger partial charge in [0.2, 0.25) is 20.0 Å². The molecule has 0 bridgehead atoms. The summed E-state index contributed by atoms with van der Waals surface area (Å²) in [6.45, 7) is -2.32. The molecule has 0 atom stereocenters. The molecule has 13 heteroatoms. The van der Waals surface area contributed by atoms with Crippen LogP contribution in [0.15, 0.2) is 53.6 Å². The van der Waals surface area contributed by atoms with Crippen LogP contribution in [-0.4, -0.2) is 68.0 Å². The molecule has 0 amide bonds. The van der Waals surface area contributed by atoms with Crippen LogP contribution in [0.4, 0.5) is 14.5 Å². The minimum absolute atomic E-state index is 0.0961. The minimum atomic E-state index is -4.18. The van der Waals surface area contributed by atoms with Crippen molar-refractivity contribution >= 4 is 42.4 Å². The van der Waals surface area contributed by atoms with Crippen molar-refractivity contribution in [2.75, 3.05) is 30.2 Å². The van der Waals surface area contributed by atoms with Gasteiger partial charge < -0.3 is 9.67 Å². The highest BCUT2D eigenvalue weighted by molar-refractivity contribution is 7.92. The highest BCUT2D eigenvalue weighted by Gasteiger charge is 2.49. The Morgan fingerprint density at radius 2 is 1.74 bits per heavy atom. The number of nitrogens with one attached hydrogen (secondary N) is 1. The van der Waals surface area contributed by atoms with Gasteiger partial charge in [-0.2, -0.15) is 4.31 Å². The molecule has 5 rings (SSSR count). The Kier molecular flexibility index (Phi) is 7.29. The van der Waals surface area contributed by atoms with Crippen LogP contribution in [0, 0.1) is 0 Å². The Morgan fingerprint density at radius 3 is 2.41 bits per heavy atom. The van der Waals surface area contributed by atoms with Crippen LogP contribution in [0.5, 0.6) is 0 Å². The number of halogens is 2. The summed E-state index contributed by atoms with van der Waals surface area (Å²) >= 11 is 0. The molecule has 2 heterocycles. The number of aliphatic hydroxyl groups excluding tert-OH is 1. The van der Waals surface area contributed by atoms with E-state index in [2.05, 4.69) is 4.72 Å². The van der Waals surface area contributed by atoms with E-state index in [0.29, 0.717) is 26.5 Å². The molecule has 2 fully saturated rings. The van der Waals surface area contributed by atoms with Crippen molar-refractivity contribution in [2.45, 2.75) is 49.0 Å². The molecular formula is C26H29F2N3O6S2. The molecule has 2 aliphatic rings. The van der Waals surface area contributed by atoms with Crippen LogP contribution in [0.1, 0.15) is 54.1 Å². The highest BCUT2D eigenvalue weighted by Crippen LogP contribution is 2.36. The van der Waals surface area contributed by atoms with Gasteiger partial charge in [-0.25, -0.2) is 25.6 Å². The maximum absolute atomic E-state index is 13.7. The predicted molar refractivity (Wildman–Crippen MR) is 142 cm³/mol. The van der Waals surface area contributed by atoms with E-state index in [0.717, 1.165) is 32.1 Å². The molecule has 1 aliphatic carbocycles. The molecule has 210 valence electrons. The Bertz CT molecular complexity index is 1620. The van der Waals surface area contributed by atoms with E-state index in [1.54, 1.807) is 18.3 Å². The largest absolute Gasteiger partial charge is 0.395 e. The molecule has 1 aliphatic heterocycles. The second-order valence-electron chi connectivity index (χ2n) is 10.1. The number of rotatable bonds is 9. The van der Waals surface area contributed by atoms with Gasteiger partial charge in [-0.05, 0) is 43.2 Å². The molecule has 2 N–H and O–H groups in total. The van der Waals surface area contributed by atoms with Gasteiger partial charge in [0, 0.05) is 28.8 Å². The predicted octanol–water partition coefficient (Wildman–Crippen LogP) is 3.75. The van der Waals surface area contributed by atoms with Crippen LogP contribution in [0.3, 0.4) is 0 Å². The van der Waals surface area contributed by atoms with Crippen molar-refractivity contribution in [3.8, 4) is 0 Å². The summed E-state index contributed by atoms with van der Waals surface area (Å²) < 4.78 is 81.9. The normalized spacial score (nSPS) is 18.6. The summed E-state index contributed by atoms with van der Waals surface area (Å²) in [5.41, 5.74) is 1.37. The van der Waals surface area contributed by atoms with E-state index in [1.165, 1.54) is 30.3 Å². The van der Waals surface area contributed by atoms with Crippen molar-refractivity contribution in [3.05, 3.63) is 59.8 Å². The van der Waals surface area contributed by atoms with Crippen LogP contribution >= 0.6 is 0 Å². The average Bonchev–Trinajstić information content (AvgIpc) is 3.26. The number of anilines is 1. The molecule has 1 saturated carbocycles. The summed E-state index contributed by atoms with van der Waals surface area (Å²) in [6, 6.07) is 10.3. The number of aliphatic hydroxyl groups is 1. The van der Waals surface area contributed by atoms with Crippen LogP contribution < -0.4 is 4.72 Å². The first-order chi connectivity index (χ1) is 18.4. The number of hydrogen-bond donors (Lipinski definition) is 2. The summed E-state index contributed by atoms with van der Waals surface area (Å²) in [7, 11) is -7.94. The molecular weight excluding hydrogens is 552 g/mol. The molecule has 2 aromatic carbocycles. The maximum atomic E-state index is 13.7. The second-order valence-corrected chi connectivity index (χ2v) is 13.9. The van der Waals surface area contributed by atoms with E-state index in [-0.39, 0.29) is 16.5 Å². The second kappa shape index (κ2) is 10.3. The number of nitrogens with zero attached hydrogens (tertiary/aromatic N) is 2. The Morgan fingerprint density at radius 1 is 1.03 bits per heavy atom. The molecule has 3 aromatic rings. The molecule has 0 unspecified atom stereocenters. The Hall–Kier alpha value is -2.87. The summed E-state index contributed by atoms with van der Waals surface area (Å²) in [6.07, 6.45) is 6.67. The zero-order valence-electron chi connectivity index (χ0n) is 21.0. The minimum Gasteiger partial charge on any atom is -0.395 e. The lowest BCUT2D eigenvalue weighted by molar-refractivity contribution is -0.0945. The molecule has 0 spiro atoms. The van der Waals surface area contributed by atoms with E-state index in [9.17, 15) is 30.4 Å². The zero-order valence-corrected chi connectivity index (χ0v) is 22.6. The quantitative estimate of drug-likeness (QED) is 0.371. The fraction of sp³-hybridized carbons (Fsp3) is 0.423. The number of carbonyl (C=O) groups is 1. The van der Waals surface area contributed by atoms with Crippen molar-refractivity contribution < 1.29 is 35.5 Å². The third-order valence-electron chi connectivity index (χ3n) is 7.23. The number of benzene rings is 2. The monoisotopic (exact) mass is 581 g/mol. The molecule has 39 heavy (non-hydrogen) atoms. The van der Waals surface area contributed by atoms with Gasteiger partial charge in [0.05, 0.1) is 41.5 Å². The molecule has 9 nitrogen and oxygen atoms in total. The number of ketones is 1. The van der Waals surface area contributed by atoms with Gasteiger partial charge in [-0.1, -0.05) is 31.4 Å². The van der Waals surface area contributed by atoms with Crippen LogP contribution in [0.2, 0.25) is 0 Å². The summed E-state index contributed by atoms with van der Waals surface area (Å²) in [4.78, 5) is 13.5. The number of sulfonamides is 2. The van der Waals surface area contributed by atoms with E-state index >= 15 is 0 Å². The van der Waals surface area contributed by atoms with Gasteiger partial charge in [0.15, 0.2) is 5.78 Å². The smallest absolute Gasteiger partial charge is 0.275 e. The number of alkyl halides is 2. The molecule has 1 aromatic heterocycles. The van der Waals surface area contributed by atoms with Gasteiger partial charge in [-0.15, -0.1) is 0 Å². The third-order valence-corrected chi connectivity index (χ3v) is 10.3. The number of aromatic nitrogens is 1. The van der Waals surface area contributed by atoms with Gasteiger partial charge >= 0.3 is 0 Å². The van der Waals surface area contributed by atoms with Crippen molar-refractivity contribution in [2.24, 2.45) is 0 Å².